The number of hydrogen-bond acceptors (Lipinski definition) is 1. The molecule has 1 heteroatoms. The van der Waals surface area contributed by atoms with Crippen LogP contribution in [-0.4, -0.2) is 7.05 Å². The van der Waals surface area contributed by atoms with E-state index in [4.69, 9.17) is 0 Å². The fourth-order valence-corrected chi connectivity index (χ4v) is 2.27. The Morgan fingerprint density at radius 3 is 1.89 bits per heavy atom. The first-order chi connectivity index (χ1) is 9.33. The van der Waals surface area contributed by atoms with Gasteiger partial charge in [0.05, 0.1) is 0 Å². The van der Waals surface area contributed by atoms with Crippen molar-refractivity contribution in [2.45, 2.75) is 32.6 Å². The SMILES string of the molecule is CCCCCc1ccc(-c2ccc(NC)cc2)cc1. The highest BCUT2D eigenvalue weighted by Gasteiger charge is 1.98. The van der Waals surface area contributed by atoms with Crippen molar-refractivity contribution in [3.8, 4) is 11.1 Å². The Hall–Kier alpha value is -1.76. The highest BCUT2D eigenvalue weighted by molar-refractivity contribution is 5.66. The van der Waals surface area contributed by atoms with Gasteiger partial charge in [0, 0.05) is 12.7 Å². The second-order valence-electron chi connectivity index (χ2n) is 4.98. The van der Waals surface area contributed by atoms with Gasteiger partial charge in [-0.1, -0.05) is 56.2 Å². The maximum Gasteiger partial charge on any atom is 0.0337 e. The average molecular weight is 253 g/mol. The Balaban J connectivity index is 2.04. The van der Waals surface area contributed by atoms with Crippen molar-refractivity contribution in [2.24, 2.45) is 0 Å². The maximum absolute atomic E-state index is 3.14. The standard InChI is InChI=1S/C18H23N/c1-3-4-5-6-15-7-9-16(10-8-15)17-11-13-18(19-2)14-12-17/h7-14,19H,3-6H2,1-2H3. The van der Waals surface area contributed by atoms with Gasteiger partial charge in [-0.25, -0.2) is 0 Å². The minimum absolute atomic E-state index is 1.15. The number of rotatable bonds is 6. The molecule has 0 saturated carbocycles. The highest BCUT2D eigenvalue weighted by Crippen LogP contribution is 2.22. The zero-order valence-electron chi connectivity index (χ0n) is 11.9. The van der Waals surface area contributed by atoms with E-state index in [-0.39, 0.29) is 0 Å². The van der Waals surface area contributed by atoms with E-state index in [1.807, 2.05) is 7.05 Å². The van der Waals surface area contributed by atoms with Crippen LogP contribution in [0.15, 0.2) is 48.5 Å². The van der Waals surface area contributed by atoms with Crippen LogP contribution in [0.4, 0.5) is 5.69 Å². The van der Waals surface area contributed by atoms with E-state index in [1.165, 1.54) is 42.4 Å². The van der Waals surface area contributed by atoms with Crippen molar-refractivity contribution in [1.29, 1.82) is 0 Å². The molecule has 0 aliphatic heterocycles. The van der Waals surface area contributed by atoms with Gasteiger partial charge in [0.25, 0.3) is 0 Å². The number of aryl methyl sites for hydroxylation is 1. The van der Waals surface area contributed by atoms with Gasteiger partial charge in [-0.05, 0) is 41.7 Å². The fraction of sp³-hybridized carbons (Fsp3) is 0.333. The molecular formula is C18H23N. The Morgan fingerprint density at radius 1 is 0.789 bits per heavy atom. The zero-order chi connectivity index (χ0) is 13.5. The Labute approximate surface area is 116 Å². The van der Waals surface area contributed by atoms with E-state index in [0.717, 1.165) is 5.69 Å². The van der Waals surface area contributed by atoms with Crippen LogP contribution in [0, 0.1) is 0 Å². The molecule has 0 atom stereocenters. The van der Waals surface area contributed by atoms with Crippen LogP contribution in [0.5, 0.6) is 0 Å². The van der Waals surface area contributed by atoms with Gasteiger partial charge in [0.1, 0.15) is 0 Å². The second-order valence-corrected chi connectivity index (χ2v) is 4.98. The predicted octanol–water partition coefficient (Wildman–Crippen LogP) is 5.13. The molecule has 0 amide bonds. The van der Waals surface area contributed by atoms with Crippen LogP contribution >= 0.6 is 0 Å². The summed E-state index contributed by atoms with van der Waals surface area (Å²) in [7, 11) is 1.94. The maximum atomic E-state index is 3.14. The quantitative estimate of drug-likeness (QED) is 0.704. The van der Waals surface area contributed by atoms with E-state index in [2.05, 4.69) is 60.8 Å². The molecule has 100 valence electrons. The zero-order valence-corrected chi connectivity index (χ0v) is 11.9. The third-order valence-electron chi connectivity index (χ3n) is 3.53. The van der Waals surface area contributed by atoms with E-state index in [9.17, 15) is 0 Å². The monoisotopic (exact) mass is 253 g/mol. The van der Waals surface area contributed by atoms with Crippen molar-refractivity contribution >= 4 is 5.69 Å². The Kier molecular flexibility index (Phi) is 5.02. The molecule has 0 aromatic heterocycles. The lowest BCUT2D eigenvalue weighted by atomic mass is 10.0. The molecule has 0 fully saturated rings. The van der Waals surface area contributed by atoms with Crippen molar-refractivity contribution in [2.75, 3.05) is 12.4 Å². The minimum Gasteiger partial charge on any atom is -0.388 e. The van der Waals surface area contributed by atoms with Crippen molar-refractivity contribution < 1.29 is 0 Å². The molecular weight excluding hydrogens is 230 g/mol. The molecule has 2 aromatic carbocycles. The summed E-state index contributed by atoms with van der Waals surface area (Å²) in [5.41, 5.74) is 5.17. The molecule has 0 unspecified atom stereocenters. The molecule has 1 nitrogen and oxygen atoms in total. The molecule has 0 aliphatic carbocycles. The lowest BCUT2D eigenvalue weighted by molar-refractivity contribution is 0.717. The number of anilines is 1. The molecule has 0 aliphatic rings. The van der Waals surface area contributed by atoms with E-state index < -0.39 is 0 Å². The van der Waals surface area contributed by atoms with Crippen LogP contribution in [0.25, 0.3) is 11.1 Å². The second kappa shape index (κ2) is 6.98. The van der Waals surface area contributed by atoms with Gasteiger partial charge in [-0.3, -0.25) is 0 Å². The van der Waals surface area contributed by atoms with Crippen LogP contribution in [0.1, 0.15) is 31.7 Å². The Morgan fingerprint density at radius 2 is 1.37 bits per heavy atom. The van der Waals surface area contributed by atoms with Gasteiger partial charge in [0.15, 0.2) is 0 Å². The van der Waals surface area contributed by atoms with Gasteiger partial charge in [0.2, 0.25) is 0 Å². The number of unbranched alkanes of at least 4 members (excludes halogenated alkanes) is 2. The van der Waals surface area contributed by atoms with E-state index in [1.54, 1.807) is 0 Å². The number of hydrogen-bond donors (Lipinski definition) is 1. The smallest absolute Gasteiger partial charge is 0.0337 e. The number of benzene rings is 2. The first kappa shape index (κ1) is 13.7. The van der Waals surface area contributed by atoms with Crippen molar-refractivity contribution in [1.82, 2.24) is 0 Å². The summed E-state index contributed by atoms with van der Waals surface area (Å²) in [6, 6.07) is 17.5. The summed E-state index contributed by atoms with van der Waals surface area (Å²) in [5.74, 6) is 0. The summed E-state index contributed by atoms with van der Waals surface area (Å²) >= 11 is 0. The third-order valence-corrected chi connectivity index (χ3v) is 3.53. The van der Waals surface area contributed by atoms with Gasteiger partial charge in [-0.15, -0.1) is 0 Å². The van der Waals surface area contributed by atoms with Gasteiger partial charge < -0.3 is 5.32 Å². The Bertz CT molecular complexity index is 482. The molecule has 0 bridgehead atoms. The summed E-state index contributed by atoms with van der Waals surface area (Å²) in [6.45, 7) is 2.25. The van der Waals surface area contributed by atoms with Crippen molar-refractivity contribution in [3.05, 3.63) is 54.1 Å². The van der Waals surface area contributed by atoms with Crippen LogP contribution in [0.3, 0.4) is 0 Å². The first-order valence-electron chi connectivity index (χ1n) is 7.20. The molecule has 2 aromatic rings. The normalized spacial score (nSPS) is 10.4. The third kappa shape index (κ3) is 3.85. The highest BCUT2D eigenvalue weighted by atomic mass is 14.8. The van der Waals surface area contributed by atoms with Crippen LogP contribution in [0.2, 0.25) is 0 Å². The summed E-state index contributed by atoms with van der Waals surface area (Å²) < 4.78 is 0. The average Bonchev–Trinajstić information content (AvgIpc) is 2.48. The molecule has 0 radical (unpaired) electrons. The molecule has 0 spiro atoms. The van der Waals surface area contributed by atoms with Crippen LogP contribution < -0.4 is 5.32 Å². The van der Waals surface area contributed by atoms with E-state index >= 15 is 0 Å². The fourth-order valence-electron chi connectivity index (χ4n) is 2.27. The largest absolute Gasteiger partial charge is 0.388 e. The summed E-state index contributed by atoms with van der Waals surface area (Å²) in [4.78, 5) is 0. The minimum atomic E-state index is 1.15. The number of nitrogens with one attached hydrogen (secondary N) is 1. The van der Waals surface area contributed by atoms with Gasteiger partial charge in [-0.2, -0.15) is 0 Å². The first-order valence-corrected chi connectivity index (χ1v) is 7.20. The van der Waals surface area contributed by atoms with Gasteiger partial charge >= 0.3 is 0 Å². The summed E-state index contributed by atoms with van der Waals surface area (Å²) in [5, 5.41) is 3.14. The van der Waals surface area contributed by atoms with Crippen molar-refractivity contribution in [3.63, 3.8) is 0 Å². The summed E-state index contributed by atoms with van der Waals surface area (Å²) in [6.07, 6.45) is 5.11. The molecule has 1 N–H and O–H groups in total. The van der Waals surface area contributed by atoms with E-state index in [0.29, 0.717) is 0 Å². The lowest BCUT2D eigenvalue weighted by Crippen LogP contribution is -1.88. The molecule has 0 saturated heterocycles. The predicted molar refractivity (Wildman–Crippen MR) is 84.7 cm³/mol. The molecule has 2 rings (SSSR count). The molecule has 0 heterocycles. The van der Waals surface area contributed by atoms with Crippen LogP contribution in [-0.2, 0) is 6.42 Å². The topological polar surface area (TPSA) is 12.0 Å². The molecule has 19 heavy (non-hydrogen) atoms. The lowest BCUT2D eigenvalue weighted by Gasteiger charge is -2.06.